The number of rotatable bonds is 5. The summed E-state index contributed by atoms with van der Waals surface area (Å²) in [5.74, 6) is -0.559. The maximum absolute atomic E-state index is 13.4. The molecule has 1 saturated heterocycles. The summed E-state index contributed by atoms with van der Waals surface area (Å²) in [6.45, 7) is 7.21. The number of aromatic nitrogens is 2. The summed E-state index contributed by atoms with van der Waals surface area (Å²) in [7, 11) is -3.68. The maximum atomic E-state index is 13.4. The van der Waals surface area contributed by atoms with Crippen LogP contribution in [0.5, 0.6) is 0 Å². The zero-order chi connectivity index (χ0) is 20.9. The van der Waals surface area contributed by atoms with Gasteiger partial charge < -0.3 is 4.74 Å². The van der Waals surface area contributed by atoms with E-state index in [-0.39, 0.29) is 33.9 Å². The summed E-state index contributed by atoms with van der Waals surface area (Å²) in [6.07, 6.45) is 5.97. The van der Waals surface area contributed by atoms with Gasteiger partial charge in [0.25, 0.3) is 0 Å². The molecular formula is C21H27N3O4S. The Kier molecular flexibility index (Phi) is 4.82. The number of carbonyl (C=O) groups excluding carboxylic acids is 1. The van der Waals surface area contributed by atoms with Gasteiger partial charge in [0.2, 0.25) is 10.0 Å². The molecular weight excluding hydrogens is 390 g/mol. The molecule has 4 rings (SSSR count). The standard InChI is InChI=1S/C21H27N3O4S/c1-20(2)8-17-9-21(3,13-20)14-24(17)29(26,27)18-6-4-5-16(7-18)19(25)28-12-15-10-22-23-11-15/h4-7,10-11,17H,8-9,12-14H2,1-3H3,(H,22,23). The fourth-order valence-corrected chi connectivity index (χ4v) is 7.02. The van der Waals surface area contributed by atoms with E-state index in [1.807, 2.05) is 0 Å². The molecule has 1 aromatic heterocycles. The van der Waals surface area contributed by atoms with E-state index in [0.29, 0.717) is 6.54 Å². The Morgan fingerprint density at radius 2 is 2.10 bits per heavy atom. The Hall–Kier alpha value is -2.19. The van der Waals surface area contributed by atoms with Crippen LogP contribution in [0.4, 0.5) is 0 Å². The van der Waals surface area contributed by atoms with E-state index in [1.165, 1.54) is 6.07 Å². The molecule has 1 aliphatic heterocycles. The quantitative estimate of drug-likeness (QED) is 0.753. The molecule has 2 heterocycles. The second kappa shape index (κ2) is 6.95. The average Bonchev–Trinajstić information content (AvgIpc) is 3.24. The first-order valence-corrected chi connectivity index (χ1v) is 11.3. The first kappa shape index (κ1) is 20.1. The summed E-state index contributed by atoms with van der Waals surface area (Å²) in [6, 6.07) is 6.14. The summed E-state index contributed by atoms with van der Waals surface area (Å²) in [5, 5.41) is 6.46. The van der Waals surface area contributed by atoms with Crippen LogP contribution in [0.25, 0.3) is 0 Å². The molecule has 1 saturated carbocycles. The molecule has 0 amide bonds. The van der Waals surface area contributed by atoms with Crippen molar-refractivity contribution in [2.24, 2.45) is 10.8 Å². The fraction of sp³-hybridized carbons (Fsp3) is 0.524. The SMILES string of the molecule is CC1(C)CC2CC(C)(CN2S(=O)(=O)c2cccc(C(=O)OCc3cn[nH]c3)c2)C1. The second-order valence-corrected chi connectivity index (χ2v) is 11.4. The number of carbonyl (C=O) groups is 1. The topological polar surface area (TPSA) is 92.4 Å². The van der Waals surface area contributed by atoms with Gasteiger partial charge in [0.1, 0.15) is 6.61 Å². The highest BCUT2D eigenvalue weighted by Crippen LogP contribution is 2.53. The van der Waals surface area contributed by atoms with E-state index in [0.717, 1.165) is 24.8 Å². The first-order chi connectivity index (χ1) is 13.6. The average molecular weight is 418 g/mol. The highest BCUT2D eigenvalue weighted by Gasteiger charge is 2.53. The Balaban J connectivity index is 1.55. The smallest absolute Gasteiger partial charge is 0.338 e. The summed E-state index contributed by atoms with van der Waals surface area (Å²) in [4.78, 5) is 12.5. The van der Waals surface area contributed by atoms with E-state index in [2.05, 4.69) is 31.0 Å². The van der Waals surface area contributed by atoms with Crippen LogP contribution >= 0.6 is 0 Å². The lowest BCUT2D eigenvalue weighted by Gasteiger charge is -2.39. The molecule has 2 aliphatic rings. The number of nitrogens with zero attached hydrogens (tertiary/aromatic N) is 2. The van der Waals surface area contributed by atoms with E-state index in [1.54, 1.807) is 34.9 Å². The third-order valence-corrected chi connectivity index (χ3v) is 7.86. The van der Waals surface area contributed by atoms with Gasteiger partial charge in [-0.3, -0.25) is 5.10 Å². The van der Waals surface area contributed by atoms with Crippen LogP contribution in [0.2, 0.25) is 0 Å². The first-order valence-electron chi connectivity index (χ1n) is 9.85. The number of esters is 1. The molecule has 2 atom stereocenters. The molecule has 1 N–H and O–H groups in total. The number of H-pyrrole nitrogens is 1. The molecule has 8 heteroatoms. The van der Waals surface area contributed by atoms with Crippen molar-refractivity contribution in [3.8, 4) is 0 Å². The molecule has 2 unspecified atom stereocenters. The van der Waals surface area contributed by atoms with Crippen molar-refractivity contribution in [1.29, 1.82) is 0 Å². The van der Waals surface area contributed by atoms with Gasteiger partial charge in [-0.25, -0.2) is 13.2 Å². The van der Waals surface area contributed by atoms with Crippen molar-refractivity contribution in [2.75, 3.05) is 6.54 Å². The summed E-state index contributed by atoms with van der Waals surface area (Å²) >= 11 is 0. The highest BCUT2D eigenvalue weighted by molar-refractivity contribution is 7.89. The van der Waals surface area contributed by atoms with Gasteiger partial charge in [0.15, 0.2) is 0 Å². The number of nitrogens with one attached hydrogen (secondary N) is 1. The van der Waals surface area contributed by atoms with Crippen molar-refractivity contribution < 1.29 is 17.9 Å². The van der Waals surface area contributed by atoms with Crippen molar-refractivity contribution in [2.45, 2.75) is 57.6 Å². The third-order valence-electron chi connectivity index (χ3n) is 5.97. The van der Waals surface area contributed by atoms with E-state index in [4.69, 9.17) is 4.74 Å². The Bertz CT molecular complexity index is 1020. The van der Waals surface area contributed by atoms with Crippen molar-refractivity contribution in [3.63, 3.8) is 0 Å². The van der Waals surface area contributed by atoms with Gasteiger partial charge in [-0.15, -0.1) is 0 Å². The van der Waals surface area contributed by atoms with Crippen molar-refractivity contribution >= 4 is 16.0 Å². The number of hydrogen-bond donors (Lipinski definition) is 1. The van der Waals surface area contributed by atoms with Gasteiger partial charge in [-0.2, -0.15) is 9.40 Å². The largest absolute Gasteiger partial charge is 0.457 e. The minimum Gasteiger partial charge on any atom is -0.457 e. The Morgan fingerprint density at radius 1 is 1.31 bits per heavy atom. The van der Waals surface area contributed by atoms with Crippen LogP contribution in [-0.2, 0) is 21.4 Å². The molecule has 1 aromatic carbocycles. The van der Waals surface area contributed by atoms with E-state index in [9.17, 15) is 13.2 Å². The second-order valence-electron chi connectivity index (χ2n) is 9.47. The van der Waals surface area contributed by atoms with E-state index >= 15 is 0 Å². The minimum atomic E-state index is -3.68. The van der Waals surface area contributed by atoms with Gasteiger partial charge in [-0.05, 0) is 48.3 Å². The Morgan fingerprint density at radius 3 is 2.83 bits per heavy atom. The summed E-state index contributed by atoms with van der Waals surface area (Å²) in [5.41, 5.74) is 1.09. The van der Waals surface area contributed by atoms with Gasteiger partial charge in [0, 0.05) is 24.3 Å². The van der Waals surface area contributed by atoms with Gasteiger partial charge in [0.05, 0.1) is 16.7 Å². The molecule has 7 nitrogen and oxygen atoms in total. The molecule has 2 bridgehead atoms. The lowest BCUT2D eigenvalue weighted by Crippen LogP contribution is -2.37. The van der Waals surface area contributed by atoms with Crippen molar-refractivity contribution in [3.05, 3.63) is 47.8 Å². The third kappa shape index (κ3) is 3.96. The molecule has 0 spiro atoms. The molecule has 156 valence electrons. The molecule has 2 fully saturated rings. The number of aromatic amines is 1. The fourth-order valence-electron chi connectivity index (χ4n) is 5.20. The van der Waals surface area contributed by atoms with Gasteiger partial charge in [-0.1, -0.05) is 26.8 Å². The van der Waals surface area contributed by atoms with Crippen LogP contribution in [-0.4, -0.2) is 41.5 Å². The number of hydrogen-bond acceptors (Lipinski definition) is 5. The molecule has 29 heavy (non-hydrogen) atoms. The lowest BCUT2D eigenvalue weighted by atomic mass is 9.65. The highest BCUT2D eigenvalue weighted by atomic mass is 32.2. The van der Waals surface area contributed by atoms with Crippen molar-refractivity contribution in [1.82, 2.24) is 14.5 Å². The number of benzene rings is 1. The summed E-state index contributed by atoms with van der Waals surface area (Å²) < 4.78 is 33.7. The number of ether oxygens (including phenoxy) is 1. The van der Waals surface area contributed by atoms with Gasteiger partial charge >= 0.3 is 5.97 Å². The molecule has 2 aromatic rings. The molecule has 0 radical (unpaired) electrons. The van der Waals surface area contributed by atoms with E-state index < -0.39 is 16.0 Å². The number of sulfonamides is 1. The predicted molar refractivity (Wildman–Crippen MR) is 108 cm³/mol. The Labute approximate surface area is 171 Å². The maximum Gasteiger partial charge on any atom is 0.338 e. The van der Waals surface area contributed by atoms with Crippen LogP contribution in [0.3, 0.4) is 0 Å². The monoisotopic (exact) mass is 417 g/mol. The predicted octanol–water partition coefficient (Wildman–Crippen LogP) is 3.36. The minimum absolute atomic E-state index is 0.000617. The van der Waals surface area contributed by atoms with Crippen LogP contribution in [0.15, 0.2) is 41.6 Å². The lowest BCUT2D eigenvalue weighted by molar-refractivity contribution is 0.0472. The number of fused-ring (bicyclic) bond motifs is 2. The molecule has 1 aliphatic carbocycles. The van der Waals surface area contributed by atoms with Crippen LogP contribution < -0.4 is 0 Å². The zero-order valence-corrected chi connectivity index (χ0v) is 17.8. The normalized spacial score (nSPS) is 26.4. The van der Waals surface area contributed by atoms with Crippen LogP contribution in [0.1, 0.15) is 56.0 Å². The zero-order valence-electron chi connectivity index (χ0n) is 17.0. The van der Waals surface area contributed by atoms with Crippen LogP contribution in [0, 0.1) is 10.8 Å².